The normalized spacial score (nSPS) is 19.4. The molecule has 0 unspecified atom stereocenters. The lowest BCUT2D eigenvalue weighted by Gasteiger charge is -2.45. The molecule has 3 heterocycles. The van der Waals surface area contributed by atoms with Crippen LogP contribution in [0.15, 0.2) is 48.8 Å². The van der Waals surface area contributed by atoms with E-state index in [4.69, 9.17) is 5.73 Å². The second kappa shape index (κ2) is 10.4. The first-order chi connectivity index (χ1) is 17.6. The lowest BCUT2D eigenvalue weighted by molar-refractivity contribution is 0.102. The SMILES string of the molecule is C[C@H]1CN(c2ccncc2NC(=O)c2ccc(F)c(-c3c(F)cccc3F)n2)C[C@@H](N)[C@H]1N(C)C(=O)O. The van der Waals surface area contributed by atoms with Crippen molar-refractivity contribution in [1.82, 2.24) is 14.9 Å². The van der Waals surface area contributed by atoms with E-state index < -0.39 is 52.8 Å². The maximum Gasteiger partial charge on any atom is 0.407 e. The van der Waals surface area contributed by atoms with Crippen LogP contribution in [0.25, 0.3) is 11.3 Å². The fourth-order valence-electron chi connectivity index (χ4n) is 4.72. The maximum atomic E-state index is 14.4. The van der Waals surface area contributed by atoms with Gasteiger partial charge < -0.3 is 26.0 Å². The van der Waals surface area contributed by atoms with Crippen LogP contribution in [0.3, 0.4) is 0 Å². The Morgan fingerprint density at radius 2 is 1.81 bits per heavy atom. The molecule has 0 radical (unpaired) electrons. The number of benzene rings is 1. The summed E-state index contributed by atoms with van der Waals surface area (Å²) in [4.78, 5) is 35.6. The molecule has 9 nitrogen and oxygen atoms in total. The van der Waals surface area contributed by atoms with Crippen LogP contribution >= 0.6 is 0 Å². The third-order valence-electron chi connectivity index (χ3n) is 6.38. The maximum absolute atomic E-state index is 14.4. The van der Waals surface area contributed by atoms with E-state index in [2.05, 4.69) is 15.3 Å². The number of pyridine rings is 2. The van der Waals surface area contributed by atoms with Gasteiger partial charge in [-0.25, -0.2) is 22.9 Å². The van der Waals surface area contributed by atoms with Gasteiger partial charge in [0, 0.05) is 32.4 Å². The van der Waals surface area contributed by atoms with Gasteiger partial charge in [-0.15, -0.1) is 0 Å². The van der Waals surface area contributed by atoms with Crippen molar-refractivity contribution < 1.29 is 27.9 Å². The summed E-state index contributed by atoms with van der Waals surface area (Å²) in [6.07, 6.45) is 1.88. The molecule has 1 fully saturated rings. The zero-order chi connectivity index (χ0) is 26.9. The topological polar surface area (TPSA) is 125 Å². The fraction of sp³-hybridized carbons (Fsp3) is 0.280. The van der Waals surface area contributed by atoms with Crippen molar-refractivity contribution in [2.24, 2.45) is 11.7 Å². The van der Waals surface area contributed by atoms with Crippen molar-refractivity contribution in [3.63, 3.8) is 0 Å². The quantitative estimate of drug-likeness (QED) is 0.475. The summed E-state index contributed by atoms with van der Waals surface area (Å²) in [5, 5.41) is 12.0. The summed E-state index contributed by atoms with van der Waals surface area (Å²) >= 11 is 0. The van der Waals surface area contributed by atoms with Gasteiger partial charge in [-0.2, -0.15) is 0 Å². The summed E-state index contributed by atoms with van der Waals surface area (Å²) in [6, 6.07) is 5.88. The van der Waals surface area contributed by atoms with E-state index in [9.17, 15) is 27.9 Å². The number of piperidine rings is 1. The minimum atomic E-state index is -1.07. The van der Waals surface area contributed by atoms with Gasteiger partial charge in [-0.05, 0) is 36.2 Å². The van der Waals surface area contributed by atoms with Gasteiger partial charge in [0.15, 0.2) is 0 Å². The Labute approximate surface area is 210 Å². The number of halogens is 3. The number of carboxylic acid groups (broad SMARTS) is 1. The zero-order valence-corrected chi connectivity index (χ0v) is 20.0. The van der Waals surface area contributed by atoms with E-state index in [-0.39, 0.29) is 11.6 Å². The molecule has 1 aromatic carbocycles. The number of nitrogens with zero attached hydrogens (tertiary/aromatic N) is 4. The molecule has 0 aliphatic carbocycles. The molecule has 1 saturated heterocycles. The zero-order valence-electron chi connectivity index (χ0n) is 20.0. The number of hydrogen-bond acceptors (Lipinski definition) is 6. The van der Waals surface area contributed by atoms with E-state index in [0.717, 1.165) is 30.3 Å². The van der Waals surface area contributed by atoms with Crippen LogP contribution in [0.2, 0.25) is 0 Å². The van der Waals surface area contributed by atoms with E-state index in [1.165, 1.54) is 24.3 Å². The molecule has 0 saturated carbocycles. The smallest absolute Gasteiger partial charge is 0.407 e. The number of aromatic nitrogens is 2. The summed E-state index contributed by atoms with van der Waals surface area (Å²) in [5.41, 5.74) is 5.67. The number of nitrogens with two attached hydrogens (primary N) is 1. The van der Waals surface area contributed by atoms with Gasteiger partial charge in [-0.3, -0.25) is 9.78 Å². The Morgan fingerprint density at radius 1 is 1.11 bits per heavy atom. The van der Waals surface area contributed by atoms with Gasteiger partial charge in [0.1, 0.15) is 28.8 Å². The van der Waals surface area contributed by atoms with Crippen molar-refractivity contribution in [2.75, 3.05) is 30.4 Å². The van der Waals surface area contributed by atoms with Crippen molar-refractivity contribution in [1.29, 1.82) is 0 Å². The molecule has 2 aromatic heterocycles. The summed E-state index contributed by atoms with van der Waals surface area (Å²) in [6.45, 7) is 2.65. The van der Waals surface area contributed by atoms with Crippen molar-refractivity contribution in [3.8, 4) is 11.3 Å². The standard InChI is InChI=1S/C25H25F3N6O3/c1-13-11-34(12-17(29)23(13)33(2)25(36)37)20-8-9-30-10-19(20)32-24(35)18-7-6-16(28)22(31-18)21-14(26)4-3-5-15(21)27/h3-10,13,17,23H,11-12,29H2,1-2H3,(H,32,35)(H,36,37)/t13-,17+,23-/m0/s1. The van der Waals surface area contributed by atoms with Crippen LogP contribution in [0.1, 0.15) is 17.4 Å². The van der Waals surface area contributed by atoms with E-state index in [1.807, 2.05) is 11.8 Å². The predicted octanol–water partition coefficient (Wildman–Crippen LogP) is 3.58. The molecule has 0 bridgehead atoms. The molecular formula is C25H25F3N6O3. The lowest BCUT2D eigenvalue weighted by atomic mass is 9.89. The first-order valence-corrected chi connectivity index (χ1v) is 11.4. The number of amides is 2. The van der Waals surface area contributed by atoms with Crippen molar-refractivity contribution in [3.05, 3.63) is 71.9 Å². The largest absolute Gasteiger partial charge is 0.465 e. The molecule has 0 spiro atoms. The summed E-state index contributed by atoms with van der Waals surface area (Å²) in [5.74, 6) is -3.88. The molecule has 3 aromatic rings. The number of likely N-dealkylation sites (N-methyl/N-ethyl adjacent to an activating group) is 1. The number of carbonyl (C=O) groups excluding carboxylic acids is 1. The van der Waals surface area contributed by atoms with Crippen LogP contribution in [0.5, 0.6) is 0 Å². The minimum Gasteiger partial charge on any atom is -0.465 e. The number of carbonyl (C=O) groups is 2. The highest BCUT2D eigenvalue weighted by Gasteiger charge is 2.37. The Balaban J connectivity index is 1.59. The van der Waals surface area contributed by atoms with Crippen LogP contribution in [0, 0.1) is 23.4 Å². The molecule has 1 aliphatic heterocycles. The van der Waals surface area contributed by atoms with Crippen molar-refractivity contribution >= 4 is 23.4 Å². The van der Waals surface area contributed by atoms with Gasteiger partial charge in [0.05, 0.1) is 29.2 Å². The van der Waals surface area contributed by atoms with Gasteiger partial charge >= 0.3 is 6.09 Å². The summed E-state index contributed by atoms with van der Waals surface area (Å²) in [7, 11) is 1.48. The number of hydrogen-bond donors (Lipinski definition) is 3. The monoisotopic (exact) mass is 514 g/mol. The van der Waals surface area contributed by atoms with Crippen LogP contribution in [-0.4, -0.2) is 64.2 Å². The number of anilines is 2. The first kappa shape index (κ1) is 25.9. The van der Waals surface area contributed by atoms with Gasteiger partial charge in [-0.1, -0.05) is 13.0 Å². The highest BCUT2D eigenvalue weighted by atomic mass is 19.1. The fourth-order valence-corrected chi connectivity index (χ4v) is 4.72. The van der Waals surface area contributed by atoms with E-state index >= 15 is 0 Å². The Hall–Kier alpha value is -4.19. The van der Waals surface area contributed by atoms with Gasteiger partial charge in [0.25, 0.3) is 5.91 Å². The average molecular weight is 515 g/mol. The Kier molecular flexibility index (Phi) is 7.30. The molecule has 4 rings (SSSR count). The third kappa shape index (κ3) is 5.19. The molecular weight excluding hydrogens is 489 g/mol. The average Bonchev–Trinajstić information content (AvgIpc) is 2.84. The molecule has 12 heteroatoms. The summed E-state index contributed by atoms with van der Waals surface area (Å²) < 4.78 is 42.9. The molecule has 4 N–H and O–H groups in total. The lowest BCUT2D eigenvalue weighted by Crippen LogP contribution is -2.62. The number of rotatable bonds is 5. The van der Waals surface area contributed by atoms with Crippen molar-refractivity contribution in [2.45, 2.75) is 19.0 Å². The predicted molar refractivity (Wildman–Crippen MR) is 131 cm³/mol. The van der Waals surface area contributed by atoms with Crippen LogP contribution < -0.4 is 16.0 Å². The van der Waals surface area contributed by atoms with Crippen LogP contribution in [-0.2, 0) is 0 Å². The van der Waals surface area contributed by atoms with Gasteiger partial charge in [0.2, 0.25) is 0 Å². The first-order valence-electron chi connectivity index (χ1n) is 11.4. The Bertz CT molecular complexity index is 1310. The second-order valence-electron chi connectivity index (χ2n) is 8.90. The molecule has 37 heavy (non-hydrogen) atoms. The second-order valence-corrected chi connectivity index (χ2v) is 8.90. The third-order valence-corrected chi connectivity index (χ3v) is 6.38. The highest BCUT2D eigenvalue weighted by molar-refractivity contribution is 6.04. The Morgan fingerprint density at radius 3 is 2.46 bits per heavy atom. The highest BCUT2D eigenvalue weighted by Crippen LogP contribution is 2.31. The minimum absolute atomic E-state index is 0.126. The molecule has 3 atom stereocenters. The van der Waals surface area contributed by atoms with E-state index in [0.29, 0.717) is 24.5 Å². The molecule has 1 aliphatic rings. The van der Waals surface area contributed by atoms with E-state index in [1.54, 1.807) is 6.07 Å². The number of nitrogens with one attached hydrogen (secondary N) is 1. The molecule has 2 amide bonds. The van der Waals surface area contributed by atoms with Crippen LogP contribution in [0.4, 0.5) is 29.3 Å². The molecule has 194 valence electrons.